The maximum atomic E-state index is 15.1. The summed E-state index contributed by atoms with van der Waals surface area (Å²) in [6.45, 7) is 13.1. The van der Waals surface area contributed by atoms with E-state index in [1.165, 1.54) is 29.4 Å². The first kappa shape index (κ1) is 49.1. The lowest BCUT2D eigenvalue weighted by Crippen LogP contribution is -2.48. The van der Waals surface area contributed by atoms with Gasteiger partial charge < -0.3 is 29.3 Å². The number of hydrogen-bond acceptors (Lipinski definition) is 11. The summed E-state index contributed by atoms with van der Waals surface area (Å²) in [5.41, 5.74) is -1.56. The Morgan fingerprint density at radius 2 is 1.80 bits per heavy atom. The molecule has 356 valence electrons. The number of thiazole rings is 1. The predicted molar refractivity (Wildman–Crippen MR) is 244 cm³/mol. The van der Waals surface area contributed by atoms with Gasteiger partial charge in [-0.3, -0.25) is 18.9 Å². The highest BCUT2D eigenvalue weighted by Gasteiger charge is 2.65. The summed E-state index contributed by atoms with van der Waals surface area (Å²) < 4.78 is 89.9. The summed E-state index contributed by atoms with van der Waals surface area (Å²) >= 11 is 1.41. The third kappa shape index (κ3) is 10.5. The summed E-state index contributed by atoms with van der Waals surface area (Å²) in [6.07, 6.45) is -3.58. The second-order valence-corrected chi connectivity index (χ2v) is 22.6. The molecular weight excluding hydrogens is 900 g/mol. The molecule has 0 radical (unpaired) electrons. The van der Waals surface area contributed by atoms with Gasteiger partial charge in [0, 0.05) is 47.3 Å². The number of amides is 1. The second kappa shape index (κ2) is 19.0. The molecule has 1 unspecified atom stereocenters. The van der Waals surface area contributed by atoms with Gasteiger partial charge in [-0.25, -0.2) is 14.4 Å². The van der Waals surface area contributed by atoms with Crippen molar-refractivity contribution in [2.24, 2.45) is 17.3 Å². The summed E-state index contributed by atoms with van der Waals surface area (Å²) in [6, 6.07) is 8.22. The number of ketones is 1. The quantitative estimate of drug-likeness (QED) is 0.0449. The fourth-order valence-corrected chi connectivity index (χ4v) is 12.8. The van der Waals surface area contributed by atoms with Gasteiger partial charge in [0.15, 0.2) is 10.9 Å². The van der Waals surface area contributed by atoms with Gasteiger partial charge in [0.2, 0.25) is 13.3 Å². The smallest absolute Gasteiger partial charge is 0.416 e. The average Bonchev–Trinajstić information content (AvgIpc) is 3.63. The Bertz CT molecular complexity index is 2540. The maximum absolute atomic E-state index is 15.1. The molecule has 2 saturated carbocycles. The molecule has 3 heterocycles. The van der Waals surface area contributed by atoms with E-state index in [2.05, 4.69) is 11.9 Å². The van der Waals surface area contributed by atoms with E-state index in [9.17, 15) is 37.0 Å². The highest BCUT2D eigenvalue weighted by atomic mass is 32.1. The van der Waals surface area contributed by atoms with Gasteiger partial charge >= 0.3 is 12.1 Å². The minimum atomic E-state index is -5.02. The van der Waals surface area contributed by atoms with E-state index in [0.717, 1.165) is 37.8 Å². The molecule has 1 saturated heterocycles. The molecule has 2 aromatic heterocycles. The van der Waals surface area contributed by atoms with E-state index in [1.807, 2.05) is 40.0 Å². The van der Waals surface area contributed by atoms with Crippen LogP contribution in [0.3, 0.4) is 0 Å². The van der Waals surface area contributed by atoms with E-state index in [-0.39, 0.29) is 38.0 Å². The number of rotatable bonds is 17. The van der Waals surface area contributed by atoms with Gasteiger partial charge in [-0.2, -0.15) is 13.2 Å². The Kier molecular flexibility index (Phi) is 14.1. The topological polar surface area (TPSA) is 157 Å². The molecule has 18 heteroatoms. The van der Waals surface area contributed by atoms with E-state index < -0.39 is 95.3 Å². The SMILES string of the molecule is C=C[C@@H]1C[C@]1(CC(=O)[C@@H]1C[C@@H](Oc2cc(-c3csc(NC(C)C)n3)nc3cc(OC)ccc23)CN1C(=O)[C@@H](CC(=O)OC1CCCC1)C(C)(C)C)P(=O)(O)Cc1c(F)cccc1C(F)(F)F. The number of benzene rings is 2. The number of halogens is 4. The number of pyridine rings is 1. The fourth-order valence-electron chi connectivity index (χ4n) is 9.35. The number of anilines is 1. The summed E-state index contributed by atoms with van der Waals surface area (Å²) in [4.78, 5) is 66.0. The van der Waals surface area contributed by atoms with Crippen molar-refractivity contribution < 1.29 is 55.6 Å². The molecule has 2 N–H and O–H groups in total. The Hall–Kier alpha value is -4.86. The van der Waals surface area contributed by atoms with Crippen LogP contribution in [0.25, 0.3) is 22.3 Å². The number of allylic oxidation sites excluding steroid dienone is 1. The normalized spacial score (nSPS) is 22.5. The lowest BCUT2D eigenvalue weighted by molar-refractivity contribution is -0.156. The van der Waals surface area contributed by atoms with Crippen LogP contribution in [0.1, 0.15) is 97.1 Å². The summed E-state index contributed by atoms with van der Waals surface area (Å²) in [7, 11) is -3.29. The van der Waals surface area contributed by atoms with Gasteiger partial charge in [-0.15, -0.1) is 17.9 Å². The molecule has 0 spiro atoms. The van der Waals surface area contributed by atoms with Gasteiger partial charge in [-0.05, 0) is 81.5 Å². The molecule has 1 amide bonds. The zero-order valence-electron chi connectivity index (χ0n) is 38.0. The number of methoxy groups -OCH3 is 1. The molecule has 4 aromatic rings. The highest BCUT2D eigenvalue weighted by molar-refractivity contribution is 7.59. The molecule has 2 aromatic carbocycles. The number of fused-ring (bicyclic) bond motifs is 1. The van der Waals surface area contributed by atoms with E-state index in [4.69, 9.17) is 24.2 Å². The van der Waals surface area contributed by atoms with Gasteiger partial charge in [0.25, 0.3) is 0 Å². The minimum absolute atomic E-state index is 0.0652. The van der Waals surface area contributed by atoms with Crippen molar-refractivity contribution in [3.8, 4) is 22.9 Å². The number of Topliss-reactive ketones (excluding diaryl/α,β-unsaturated/α-hetero) is 1. The number of alkyl halides is 3. The lowest BCUT2D eigenvalue weighted by atomic mass is 9.77. The Morgan fingerprint density at radius 3 is 2.44 bits per heavy atom. The number of nitrogens with zero attached hydrogens (tertiary/aromatic N) is 3. The third-order valence-electron chi connectivity index (χ3n) is 13.0. The third-order valence-corrected chi connectivity index (χ3v) is 16.6. The Balaban J connectivity index is 1.24. The number of carbonyl (C=O) groups is 3. The van der Waals surface area contributed by atoms with E-state index in [1.54, 1.807) is 24.3 Å². The van der Waals surface area contributed by atoms with Gasteiger partial charge in [0.05, 0.1) is 60.1 Å². The van der Waals surface area contributed by atoms with E-state index >= 15 is 4.39 Å². The van der Waals surface area contributed by atoms with Gasteiger partial charge in [0.1, 0.15) is 35.2 Å². The number of nitrogens with one attached hydrogen (secondary N) is 1. The molecule has 7 rings (SSSR count). The van der Waals surface area contributed by atoms with Crippen molar-refractivity contribution in [3.63, 3.8) is 0 Å². The largest absolute Gasteiger partial charge is 0.497 e. The molecule has 3 aliphatic rings. The maximum Gasteiger partial charge on any atom is 0.416 e. The molecule has 2 aliphatic carbocycles. The van der Waals surface area contributed by atoms with Gasteiger partial charge in [-0.1, -0.05) is 32.9 Å². The molecule has 12 nitrogen and oxygen atoms in total. The average molecular weight is 957 g/mol. The number of carbonyl (C=O) groups excluding carboxylic acids is 3. The zero-order chi connectivity index (χ0) is 47.9. The van der Waals surface area contributed by atoms with Crippen molar-refractivity contribution >= 4 is 52.4 Å². The van der Waals surface area contributed by atoms with Crippen LogP contribution < -0.4 is 14.8 Å². The molecule has 6 atom stereocenters. The number of esters is 1. The van der Waals surface area contributed by atoms with Crippen LogP contribution in [0, 0.1) is 23.1 Å². The van der Waals surface area contributed by atoms with Crippen LogP contribution in [0.15, 0.2) is 60.5 Å². The Morgan fingerprint density at radius 1 is 1.08 bits per heavy atom. The fraction of sp³-hybridized carbons (Fsp3) is 0.521. The minimum Gasteiger partial charge on any atom is -0.497 e. The lowest BCUT2D eigenvalue weighted by Gasteiger charge is -2.35. The van der Waals surface area contributed by atoms with Crippen molar-refractivity contribution in [2.45, 2.75) is 128 Å². The zero-order valence-corrected chi connectivity index (χ0v) is 39.7. The molecule has 0 bridgehead atoms. The molecule has 66 heavy (non-hydrogen) atoms. The number of aromatic nitrogens is 2. The predicted octanol–water partition coefficient (Wildman–Crippen LogP) is 10.6. The molecule has 1 aliphatic heterocycles. The van der Waals surface area contributed by atoms with Crippen LogP contribution in [-0.2, 0) is 36.0 Å². The standard InChI is InChI=1S/C48H57F4N4O8PS/c1-8-28-22-47(28,65(60,61)25-33-34(48(50,51)52)14-11-15-36(33)49)23-41(57)40-19-31(24-56(40)44(59)35(46(4,5)6)20-43(58)64-29-12-9-10-13-29)63-42-21-38(39-26-66-45(55-39)53-27(2)3)54-37-18-30(62-7)16-17-32(37)42/h8,11,14-18,21,26-29,31,35,40H,1,9-10,12-13,19-20,22-25H2,2-7H3,(H,53,55)(H,60,61)/t28-,31-,35-,40+,47-/m1/s1. The van der Waals surface area contributed by atoms with Crippen molar-refractivity contribution in [3.05, 3.63) is 77.4 Å². The van der Waals surface area contributed by atoms with Crippen LogP contribution in [-0.4, -0.2) is 80.5 Å². The summed E-state index contributed by atoms with van der Waals surface area (Å²) in [5.74, 6) is -3.79. The number of hydrogen-bond donors (Lipinski definition) is 2. The van der Waals surface area contributed by atoms with Crippen molar-refractivity contribution in [2.75, 3.05) is 19.0 Å². The second-order valence-electron chi connectivity index (χ2n) is 19.1. The van der Waals surface area contributed by atoms with Crippen molar-refractivity contribution in [1.29, 1.82) is 0 Å². The first-order valence-electron chi connectivity index (χ1n) is 22.2. The Labute approximate surface area is 386 Å². The molecule has 3 fully saturated rings. The monoisotopic (exact) mass is 956 g/mol. The van der Waals surface area contributed by atoms with Crippen LogP contribution in [0.2, 0.25) is 0 Å². The summed E-state index contributed by atoms with van der Waals surface area (Å²) in [5, 5.41) is 4.67. The highest BCUT2D eigenvalue weighted by Crippen LogP contribution is 2.74. The number of likely N-dealkylation sites (tertiary alicyclic amines) is 1. The van der Waals surface area contributed by atoms with Crippen LogP contribution in [0.4, 0.5) is 22.7 Å². The van der Waals surface area contributed by atoms with E-state index in [0.29, 0.717) is 45.0 Å². The molecular formula is C48H57F4N4O8PS. The van der Waals surface area contributed by atoms with Crippen LogP contribution in [0.5, 0.6) is 11.5 Å². The first-order valence-corrected chi connectivity index (χ1v) is 25.0. The first-order chi connectivity index (χ1) is 31.0. The number of ether oxygens (including phenoxy) is 3. The van der Waals surface area contributed by atoms with Crippen molar-refractivity contribution in [1.82, 2.24) is 14.9 Å². The van der Waals surface area contributed by atoms with Crippen LogP contribution >= 0.6 is 18.7 Å².